The quantitative estimate of drug-likeness (QED) is 0.927. The van der Waals surface area contributed by atoms with Crippen molar-refractivity contribution < 1.29 is 0 Å². The Bertz CT molecular complexity index is 635. The van der Waals surface area contributed by atoms with E-state index in [-0.39, 0.29) is 0 Å². The Morgan fingerprint density at radius 3 is 2.79 bits per heavy atom. The number of nitrogen functional groups attached to an aromatic ring is 1. The number of nitriles is 1. The van der Waals surface area contributed by atoms with Gasteiger partial charge in [0.05, 0.1) is 17.3 Å². The highest BCUT2D eigenvalue weighted by atomic mass is 32.1. The Morgan fingerprint density at radius 2 is 2.16 bits per heavy atom. The monoisotopic (exact) mass is 271 g/mol. The number of hydrogen-bond donors (Lipinski definition) is 1. The van der Waals surface area contributed by atoms with Crippen LogP contribution in [0.4, 0.5) is 5.13 Å². The first-order valence-electron chi connectivity index (χ1n) is 6.26. The fourth-order valence-electron chi connectivity index (χ4n) is 2.17. The van der Waals surface area contributed by atoms with E-state index < -0.39 is 0 Å². The van der Waals surface area contributed by atoms with Gasteiger partial charge in [-0.05, 0) is 24.0 Å². The Morgan fingerprint density at radius 1 is 1.42 bits per heavy atom. The highest BCUT2D eigenvalue weighted by Crippen LogP contribution is 2.29. The minimum Gasteiger partial charge on any atom is -0.375 e. The third kappa shape index (κ3) is 2.77. The number of anilines is 1. The summed E-state index contributed by atoms with van der Waals surface area (Å²) >= 11 is 1.52. The lowest BCUT2D eigenvalue weighted by Crippen LogP contribution is -1.98. The summed E-state index contributed by atoms with van der Waals surface area (Å²) in [5.74, 6) is 0.346. The minimum absolute atomic E-state index is 0.346. The number of nitrogens with two attached hydrogens (primary N) is 1. The molecule has 1 heterocycles. The average Bonchev–Trinajstić information content (AvgIpc) is 2.71. The van der Waals surface area contributed by atoms with Gasteiger partial charge in [-0.1, -0.05) is 32.0 Å². The van der Waals surface area contributed by atoms with Crippen LogP contribution in [0.1, 0.15) is 47.0 Å². The molecule has 2 rings (SSSR count). The molecule has 0 spiro atoms. The van der Waals surface area contributed by atoms with Gasteiger partial charge >= 0.3 is 0 Å². The molecule has 19 heavy (non-hydrogen) atoms. The summed E-state index contributed by atoms with van der Waals surface area (Å²) in [7, 11) is 0. The van der Waals surface area contributed by atoms with Gasteiger partial charge in [-0.25, -0.2) is 4.98 Å². The molecule has 98 valence electrons. The number of benzene rings is 1. The summed E-state index contributed by atoms with van der Waals surface area (Å²) in [5.41, 5.74) is 9.70. The first kappa shape index (κ1) is 13.6. The molecule has 0 saturated heterocycles. The van der Waals surface area contributed by atoms with Crippen LogP contribution in [0.15, 0.2) is 18.2 Å². The van der Waals surface area contributed by atoms with Gasteiger partial charge in [-0.3, -0.25) is 0 Å². The molecular formula is C15H17N3S. The second kappa shape index (κ2) is 5.41. The lowest BCUT2D eigenvalue weighted by Gasteiger charge is -2.08. The van der Waals surface area contributed by atoms with Crippen molar-refractivity contribution >= 4 is 16.5 Å². The molecule has 0 radical (unpaired) electrons. The molecule has 0 atom stereocenters. The maximum Gasteiger partial charge on any atom is 0.180 e. The van der Waals surface area contributed by atoms with E-state index in [2.05, 4.69) is 24.9 Å². The molecule has 0 bridgehead atoms. The van der Waals surface area contributed by atoms with Crippen LogP contribution in [-0.2, 0) is 6.42 Å². The third-order valence-electron chi connectivity index (χ3n) is 3.11. The van der Waals surface area contributed by atoms with Crippen molar-refractivity contribution in [3.63, 3.8) is 0 Å². The standard InChI is InChI=1S/C15H17N3S/c1-9(2)14-13(19-15(17)18-14)7-11-6-4-5-10(3)12(11)8-16/h4-6,9H,7H2,1-3H3,(H2,17,18). The van der Waals surface area contributed by atoms with Gasteiger partial charge in [-0.2, -0.15) is 5.26 Å². The van der Waals surface area contributed by atoms with Crippen molar-refractivity contribution in [3.05, 3.63) is 45.5 Å². The van der Waals surface area contributed by atoms with Crippen molar-refractivity contribution in [1.82, 2.24) is 4.98 Å². The van der Waals surface area contributed by atoms with Crippen LogP contribution in [0.5, 0.6) is 0 Å². The highest BCUT2D eigenvalue weighted by Gasteiger charge is 2.15. The minimum atomic E-state index is 0.346. The zero-order chi connectivity index (χ0) is 14.0. The van der Waals surface area contributed by atoms with Gasteiger partial charge in [0.1, 0.15) is 0 Å². The fraction of sp³-hybridized carbons (Fsp3) is 0.333. The number of aryl methyl sites for hydroxylation is 1. The summed E-state index contributed by atoms with van der Waals surface area (Å²) in [6, 6.07) is 8.25. The summed E-state index contributed by atoms with van der Waals surface area (Å²) in [4.78, 5) is 5.56. The number of hydrogen-bond acceptors (Lipinski definition) is 4. The number of aromatic nitrogens is 1. The lowest BCUT2D eigenvalue weighted by molar-refractivity contribution is 0.820. The molecule has 0 amide bonds. The second-order valence-electron chi connectivity index (χ2n) is 4.91. The largest absolute Gasteiger partial charge is 0.375 e. The van der Waals surface area contributed by atoms with Gasteiger partial charge in [0.2, 0.25) is 0 Å². The Kier molecular flexibility index (Phi) is 3.87. The summed E-state index contributed by atoms with van der Waals surface area (Å²) in [5, 5.41) is 9.88. The molecule has 4 heteroatoms. The number of thiazole rings is 1. The normalized spacial score (nSPS) is 10.7. The maximum atomic E-state index is 9.27. The Hall–Kier alpha value is -1.86. The van der Waals surface area contributed by atoms with Crippen LogP contribution < -0.4 is 5.73 Å². The molecule has 1 aromatic carbocycles. The van der Waals surface area contributed by atoms with E-state index in [1.807, 2.05) is 25.1 Å². The van der Waals surface area contributed by atoms with Crippen molar-refractivity contribution in [2.75, 3.05) is 5.73 Å². The predicted molar refractivity (Wildman–Crippen MR) is 79.3 cm³/mol. The van der Waals surface area contributed by atoms with E-state index >= 15 is 0 Å². The zero-order valence-corrected chi connectivity index (χ0v) is 12.2. The SMILES string of the molecule is Cc1cccc(Cc2sc(N)nc2C(C)C)c1C#N. The van der Waals surface area contributed by atoms with E-state index in [1.165, 1.54) is 11.3 Å². The highest BCUT2D eigenvalue weighted by molar-refractivity contribution is 7.15. The van der Waals surface area contributed by atoms with Crippen molar-refractivity contribution in [2.45, 2.75) is 33.1 Å². The zero-order valence-electron chi connectivity index (χ0n) is 11.4. The van der Waals surface area contributed by atoms with Crippen LogP contribution in [-0.4, -0.2) is 4.98 Å². The summed E-state index contributed by atoms with van der Waals surface area (Å²) in [6.07, 6.45) is 0.729. The van der Waals surface area contributed by atoms with E-state index in [1.54, 1.807) is 0 Å². The Balaban J connectivity index is 2.42. The molecule has 0 unspecified atom stereocenters. The van der Waals surface area contributed by atoms with Crippen molar-refractivity contribution in [1.29, 1.82) is 5.26 Å². The van der Waals surface area contributed by atoms with E-state index in [4.69, 9.17) is 5.73 Å². The summed E-state index contributed by atoms with van der Waals surface area (Å²) in [6.45, 7) is 6.19. The summed E-state index contributed by atoms with van der Waals surface area (Å²) < 4.78 is 0. The maximum absolute atomic E-state index is 9.27. The number of nitrogens with zero attached hydrogens (tertiary/aromatic N) is 2. The molecule has 2 aromatic rings. The smallest absolute Gasteiger partial charge is 0.180 e. The molecule has 1 aromatic heterocycles. The first-order valence-corrected chi connectivity index (χ1v) is 7.08. The Labute approximate surface area is 117 Å². The molecule has 0 aliphatic carbocycles. The van der Waals surface area contributed by atoms with E-state index in [0.717, 1.165) is 33.7 Å². The van der Waals surface area contributed by atoms with Crippen molar-refractivity contribution in [3.8, 4) is 6.07 Å². The third-order valence-corrected chi connectivity index (χ3v) is 4.01. The van der Waals surface area contributed by atoms with E-state index in [9.17, 15) is 5.26 Å². The molecule has 0 aliphatic rings. The fourth-order valence-corrected chi connectivity index (χ4v) is 3.18. The van der Waals surface area contributed by atoms with Crippen LogP contribution in [0, 0.1) is 18.3 Å². The molecule has 3 nitrogen and oxygen atoms in total. The lowest BCUT2D eigenvalue weighted by atomic mass is 9.98. The van der Waals surface area contributed by atoms with Crippen LogP contribution in [0.2, 0.25) is 0 Å². The van der Waals surface area contributed by atoms with Gasteiger partial charge < -0.3 is 5.73 Å². The molecule has 0 saturated carbocycles. The average molecular weight is 271 g/mol. The molecule has 0 aliphatic heterocycles. The predicted octanol–water partition coefficient (Wildman–Crippen LogP) is 3.62. The van der Waals surface area contributed by atoms with E-state index in [0.29, 0.717) is 11.0 Å². The molecule has 0 fully saturated rings. The second-order valence-corrected chi connectivity index (χ2v) is 6.03. The van der Waals surface area contributed by atoms with Gasteiger partial charge in [-0.15, -0.1) is 11.3 Å². The molecule has 2 N–H and O–H groups in total. The van der Waals surface area contributed by atoms with Gasteiger partial charge in [0.15, 0.2) is 5.13 Å². The van der Waals surface area contributed by atoms with Crippen molar-refractivity contribution in [2.24, 2.45) is 0 Å². The van der Waals surface area contributed by atoms with Gasteiger partial charge in [0.25, 0.3) is 0 Å². The topological polar surface area (TPSA) is 62.7 Å². The number of rotatable bonds is 3. The molecular weight excluding hydrogens is 254 g/mol. The first-order chi connectivity index (χ1) is 9.02. The van der Waals surface area contributed by atoms with Crippen LogP contribution >= 0.6 is 11.3 Å². The van der Waals surface area contributed by atoms with Gasteiger partial charge in [0, 0.05) is 11.3 Å². The van der Waals surface area contributed by atoms with Crippen LogP contribution in [0.3, 0.4) is 0 Å². The van der Waals surface area contributed by atoms with Crippen LogP contribution in [0.25, 0.3) is 0 Å².